The molecule has 4 aromatic rings. The summed E-state index contributed by atoms with van der Waals surface area (Å²) in [5.41, 5.74) is 1.82. The standard InChI is InChI=1S/C22H20N4O6S/c1-12(27)24-14-3-6-16(7-4-14)33(31,32)26-15-5-8-18-17(10-15)20-13(2-9-19(28)29)11-23-21(20)22(30)25-18/h3-8,10-11,23,26H,2,9H2,1H3,(H,24,27)(H,25,30)(H,28,29). The van der Waals surface area contributed by atoms with Gasteiger partial charge in [-0.05, 0) is 54.4 Å². The normalized spacial score (nSPS) is 11.5. The minimum atomic E-state index is -3.93. The number of carbonyl (C=O) groups excluding carboxylic acids is 1. The lowest BCUT2D eigenvalue weighted by atomic mass is 10.0. The number of carboxylic acids is 1. The first kappa shape index (κ1) is 22.1. The molecular formula is C22H20N4O6S. The Morgan fingerprint density at radius 2 is 1.76 bits per heavy atom. The fourth-order valence-electron chi connectivity index (χ4n) is 3.63. The summed E-state index contributed by atoms with van der Waals surface area (Å²) in [4.78, 5) is 40.2. The van der Waals surface area contributed by atoms with Crippen LogP contribution in [0.15, 0.2) is 58.4 Å². The Morgan fingerprint density at radius 3 is 2.42 bits per heavy atom. The quantitative estimate of drug-likeness (QED) is 0.280. The molecule has 0 fully saturated rings. The van der Waals surface area contributed by atoms with Crippen LogP contribution < -0.4 is 15.6 Å². The number of H-pyrrole nitrogens is 2. The van der Waals surface area contributed by atoms with Crippen LogP contribution in [0.25, 0.3) is 21.8 Å². The van der Waals surface area contributed by atoms with Crippen LogP contribution in [0.2, 0.25) is 0 Å². The number of carboxylic acid groups (broad SMARTS) is 1. The van der Waals surface area contributed by atoms with Gasteiger partial charge in [0.25, 0.3) is 15.6 Å². The first-order valence-corrected chi connectivity index (χ1v) is 11.4. The first-order chi connectivity index (χ1) is 15.6. The van der Waals surface area contributed by atoms with Gasteiger partial charge >= 0.3 is 5.97 Å². The molecule has 0 aliphatic rings. The number of carbonyl (C=O) groups is 2. The molecule has 2 heterocycles. The van der Waals surface area contributed by atoms with Crippen LogP contribution in [0, 0.1) is 0 Å². The number of nitrogens with one attached hydrogen (secondary N) is 4. The molecule has 11 heteroatoms. The van der Waals surface area contributed by atoms with E-state index in [2.05, 4.69) is 20.0 Å². The Hall–Kier alpha value is -4.12. The van der Waals surface area contributed by atoms with E-state index < -0.39 is 16.0 Å². The summed E-state index contributed by atoms with van der Waals surface area (Å²) in [6.07, 6.45) is 1.70. The number of fused-ring (bicyclic) bond motifs is 3. The summed E-state index contributed by atoms with van der Waals surface area (Å²) in [6, 6.07) is 10.4. The fraction of sp³-hybridized carbons (Fsp3) is 0.136. The van der Waals surface area contributed by atoms with Gasteiger partial charge in [0.15, 0.2) is 0 Å². The van der Waals surface area contributed by atoms with E-state index in [4.69, 9.17) is 5.11 Å². The van der Waals surface area contributed by atoms with Crippen molar-refractivity contribution in [2.75, 3.05) is 10.0 Å². The largest absolute Gasteiger partial charge is 0.481 e. The predicted molar refractivity (Wildman–Crippen MR) is 124 cm³/mol. The van der Waals surface area contributed by atoms with Gasteiger partial charge in [0.1, 0.15) is 5.52 Å². The number of hydrogen-bond donors (Lipinski definition) is 5. The Morgan fingerprint density at radius 1 is 1.06 bits per heavy atom. The Labute approximate surface area is 187 Å². The van der Waals surface area contributed by atoms with Crippen molar-refractivity contribution >= 4 is 55.1 Å². The third-order valence-corrected chi connectivity index (χ3v) is 6.47. The topological polar surface area (TPSA) is 161 Å². The maximum absolute atomic E-state index is 12.9. The van der Waals surface area contributed by atoms with Crippen molar-refractivity contribution in [1.29, 1.82) is 0 Å². The number of sulfonamides is 1. The second-order valence-electron chi connectivity index (χ2n) is 7.48. The molecule has 0 spiro atoms. The molecule has 0 radical (unpaired) electrons. The smallest absolute Gasteiger partial charge is 0.303 e. The summed E-state index contributed by atoms with van der Waals surface area (Å²) < 4.78 is 28.2. The van der Waals surface area contributed by atoms with Gasteiger partial charge in [-0.1, -0.05) is 0 Å². The number of anilines is 2. The lowest BCUT2D eigenvalue weighted by molar-refractivity contribution is -0.137. The zero-order valence-electron chi connectivity index (χ0n) is 17.4. The van der Waals surface area contributed by atoms with Crippen molar-refractivity contribution in [1.82, 2.24) is 9.97 Å². The molecule has 170 valence electrons. The molecule has 0 saturated carbocycles. The minimum Gasteiger partial charge on any atom is -0.481 e. The maximum Gasteiger partial charge on any atom is 0.303 e. The fourth-order valence-corrected chi connectivity index (χ4v) is 4.68. The molecule has 1 amide bonds. The van der Waals surface area contributed by atoms with Gasteiger partial charge in [0, 0.05) is 47.2 Å². The van der Waals surface area contributed by atoms with Crippen molar-refractivity contribution < 1.29 is 23.1 Å². The van der Waals surface area contributed by atoms with Gasteiger partial charge in [0.05, 0.1) is 4.90 Å². The van der Waals surface area contributed by atoms with Crippen molar-refractivity contribution in [2.45, 2.75) is 24.7 Å². The van der Waals surface area contributed by atoms with Crippen LogP contribution in [-0.2, 0) is 26.0 Å². The van der Waals surface area contributed by atoms with E-state index in [-0.39, 0.29) is 40.4 Å². The third kappa shape index (κ3) is 4.58. The lowest BCUT2D eigenvalue weighted by Gasteiger charge is -2.11. The molecule has 0 saturated heterocycles. The second-order valence-corrected chi connectivity index (χ2v) is 9.17. The average Bonchev–Trinajstić information content (AvgIpc) is 3.17. The third-order valence-electron chi connectivity index (χ3n) is 5.07. The maximum atomic E-state index is 12.9. The van der Waals surface area contributed by atoms with Crippen LogP contribution in [0.4, 0.5) is 11.4 Å². The Bertz CT molecular complexity index is 1550. The van der Waals surface area contributed by atoms with Crippen molar-refractivity contribution in [3.63, 3.8) is 0 Å². The minimum absolute atomic E-state index is 0.00658. The molecule has 0 aliphatic heterocycles. The SMILES string of the molecule is CC(=O)Nc1ccc(S(=O)(=O)Nc2ccc3[nH]c(=O)c4[nH]cc(CCC(=O)O)c4c3c2)cc1. The predicted octanol–water partition coefficient (Wildman–Crippen LogP) is 2.79. The number of aliphatic carboxylic acids is 1. The Balaban J connectivity index is 1.72. The molecule has 0 unspecified atom stereocenters. The highest BCUT2D eigenvalue weighted by Crippen LogP contribution is 2.29. The molecule has 4 rings (SSSR count). The number of aromatic nitrogens is 2. The molecule has 33 heavy (non-hydrogen) atoms. The van der Waals surface area contributed by atoms with Crippen LogP contribution in [0.1, 0.15) is 18.9 Å². The molecular weight excluding hydrogens is 448 g/mol. The van der Waals surface area contributed by atoms with E-state index in [0.29, 0.717) is 27.5 Å². The zero-order valence-corrected chi connectivity index (χ0v) is 18.2. The molecule has 10 nitrogen and oxygen atoms in total. The van der Waals surface area contributed by atoms with Gasteiger partial charge < -0.3 is 20.4 Å². The number of rotatable bonds is 7. The lowest BCUT2D eigenvalue weighted by Crippen LogP contribution is -2.13. The summed E-state index contributed by atoms with van der Waals surface area (Å²) >= 11 is 0. The molecule has 2 aromatic carbocycles. The second kappa shape index (κ2) is 8.43. The summed E-state index contributed by atoms with van der Waals surface area (Å²) in [7, 11) is -3.93. The van der Waals surface area contributed by atoms with E-state index in [1.807, 2.05) is 0 Å². The number of pyridine rings is 1. The number of benzene rings is 2. The summed E-state index contributed by atoms with van der Waals surface area (Å²) in [6.45, 7) is 1.35. The highest BCUT2D eigenvalue weighted by molar-refractivity contribution is 7.92. The van der Waals surface area contributed by atoms with Crippen LogP contribution >= 0.6 is 0 Å². The van der Waals surface area contributed by atoms with E-state index >= 15 is 0 Å². The molecule has 0 aliphatic carbocycles. The van der Waals surface area contributed by atoms with Gasteiger partial charge in [-0.2, -0.15) is 0 Å². The zero-order chi connectivity index (χ0) is 23.8. The number of amides is 1. The van der Waals surface area contributed by atoms with Gasteiger partial charge in [0.2, 0.25) is 5.91 Å². The van der Waals surface area contributed by atoms with E-state index in [1.165, 1.54) is 37.3 Å². The highest BCUT2D eigenvalue weighted by Gasteiger charge is 2.17. The van der Waals surface area contributed by atoms with Crippen molar-refractivity contribution in [3.8, 4) is 0 Å². The van der Waals surface area contributed by atoms with E-state index in [9.17, 15) is 22.8 Å². The van der Waals surface area contributed by atoms with E-state index in [0.717, 1.165) is 0 Å². The molecule has 0 bridgehead atoms. The molecule has 0 atom stereocenters. The molecule has 2 aromatic heterocycles. The monoisotopic (exact) mass is 468 g/mol. The Kier molecular flexibility index (Phi) is 5.64. The van der Waals surface area contributed by atoms with Crippen LogP contribution in [-0.4, -0.2) is 35.4 Å². The van der Waals surface area contributed by atoms with Crippen molar-refractivity contribution in [2.24, 2.45) is 0 Å². The average molecular weight is 468 g/mol. The van der Waals surface area contributed by atoms with Gasteiger partial charge in [-0.25, -0.2) is 8.42 Å². The summed E-state index contributed by atoms with van der Waals surface area (Å²) in [5.74, 6) is -1.23. The van der Waals surface area contributed by atoms with Gasteiger partial charge in [-0.3, -0.25) is 19.1 Å². The first-order valence-electron chi connectivity index (χ1n) is 9.92. The molecule has 5 N–H and O–H groups in total. The van der Waals surface area contributed by atoms with Crippen molar-refractivity contribution in [3.05, 3.63) is 64.6 Å². The van der Waals surface area contributed by atoms with Gasteiger partial charge in [-0.15, -0.1) is 0 Å². The number of aromatic amines is 2. The highest BCUT2D eigenvalue weighted by atomic mass is 32.2. The summed E-state index contributed by atoms with van der Waals surface area (Å²) in [5, 5.41) is 12.7. The van der Waals surface area contributed by atoms with Crippen LogP contribution in [0.5, 0.6) is 0 Å². The number of hydrogen-bond acceptors (Lipinski definition) is 5. The van der Waals surface area contributed by atoms with Crippen LogP contribution in [0.3, 0.4) is 0 Å². The van der Waals surface area contributed by atoms with E-state index in [1.54, 1.807) is 18.3 Å². The number of aryl methyl sites for hydroxylation is 1.